The number of hydrogen-bond donors (Lipinski definition) is 1. The van der Waals surface area contributed by atoms with Crippen LogP contribution in [0.4, 0.5) is 5.13 Å². The van der Waals surface area contributed by atoms with Gasteiger partial charge in [-0.1, -0.05) is 38.1 Å². The third-order valence-electron chi connectivity index (χ3n) is 4.72. The number of sulfonamides is 1. The van der Waals surface area contributed by atoms with Crippen molar-refractivity contribution in [3.63, 3.8) is 0 Å². The zero-order valence-electron chi connectivity index (χ0n) is 18.5. The molecule has 9 heteroatoms. The summed E-state index contributed by atoms with van der Waals surface area (Å²) in [4.78, 5) is 4.83. The second kappa shape index (κ2) is 11.2. The number of nitrogens with one attached hydrogen (secondary N) is 1. The van der Waals surface area contributed by atoms with Crippen molar-refractivity contribution in [2.75, 3.05) is 25.6 Å². The second-order valence-electron chi connectivity index (χ2n) is 7.08. The van der Waals surface area contributed by atoms with E-state index >= 15 is 0 Å². The fourth-order valence-electron chi connectivity index (χ4n) is 3.20. The molecule has 2 aromatic carbocycles. The molecule has 0 fully saturated rings. The lowest BCUT2D eigenvalue weighted by molar-refractivity contribution is 0.410. The highest BCUT2D eigenvalue weighted by Gasteiger charge is 2.23. The first-order chi connectivity index (χ1) is 15.5. The minimum atomic E-state index is -3.54. The molecular formula is C23H28N4O3S2. The Balaban J connectivity index is 1.77. The fourth-order valence-corrected chi connectivity index (χ4v) is 5.54. The zero-order valence-corrected chi connectivity index (χ0v) is 20.1. The van der Waals surface area contributed by atoms with Gasteiger partial charge in [0.05, 0.1) is 23.9 Å². The van der Waals surface area contributed by atoms with Crippen LogP contribution in [-0.4, -0.2) is 44.1 Å². The summed E-state index contributed by atoms with van der Waals surface area (Å²) in [5.74, 6) is 0.732. The predicted octanol–water partition coefficient (Wildman–Crippen LogP) is 5.08. The van der Waals surface area contributed by atoms with Gasteiger partial charge in [0.25, 0.3) is 0 Å². The van der Waals surface area contributed by atoms with Crippen LogP contribution in [0, 0.1) is 0 Å². The number of benzene rings is 2. The molecule has 32 heavy (non-hydrogen) atoms. The Hall–Kier alpha value is -2.75. The number of para-hydroxylation sites is 1. The van der Waals surface area contributed by atoms with Crippen molar-refractivity contribution >= 4 is 32.7 Å². The number of nitrogens with zero attached hydrogens (tertiary/aromatic N) is 3. The molecule has 0 atom stereocenters. The summed E-state index contributed by atoms with van der Waals surface area (Å²) >= 11 is 1.40. The van der Waals surface area contributed by atoms with Crippen LogP contribution in [0.1, 0.15) is 32.3 Å². The molecule has 0 saturated heterocycles. The zero-order chi connectivity index (χ0) is 23.0. The highest BCUT2D eigenvalue weighted by molar-refractivity contribution is 7.89. The number of ether oxygens (including phenoxy) is 1. The molecule has 0 aliphatic heterocycles. The van der Waals surface area contributed by atoms with Crippen molar-refractivity contribution in [1.82, 2.24) is 9.29 Å². The van der Waals surface area contributed by atoms with Gasteiger partial charge in [-0.3, -0.25) is 5.43 Å². The van der Waals surface area contributed by atoms with Crippen molar-refractivity contribution in [3.8, 4) is 17.0 Å². The van der Waals surface area contributed by atoms with Gasteiger partial charge in [-0.25, -0.2) is 13.4 Å². The molecule has 1 N–H and O–H groups in total. The molecule has 3 aromatic rings. The first-order valence-electron chi connectivity index (χ1n) is 10.5. The molecule has 0 bridgehead atoms. The first kappa shape index (κ1) is 23.9. The lowest BCUT2D eigenvalue weighted by Gasteiger charge is -2.21. The van der Waals surface area contributed by atoms with E-state index in [1.54, 1.807) is 35.8 Å². The van der Waals surface area contributed by atoms with Gasteiger partial charge >= 0.3 is 0 Å². The Labute approximate surface area is 193 Å². The van der Waals surface area contributed by atoms with Gasteiger partial charge in [0.15, 0.2) is 0 Å². The first-order valence-corrected chi connectivity index (χ1v) is 12.8. The van der Waals surface area contributed by atoms with Crippen LogP contribution >= 0.6 is 11.3 Å². The molecule has 0 saturated carbocycles. The Morgan fingerprint density at radius 1 is 1.12 bits per heavy atom. The van der Waals surface area contributed by atoms with Crippen LogP contribution < -0.4 is 10.2 Å². The Bertz CT molecular complexity index is 1150. The van der Waals surface area contributed by atoms with E-state index in [1.807, 2.05) is 49.6 Å². The molecule has 1 aromatic heterocycles. The maximum atomic E-state index is 13.1. The normalized spacial score (nSPS) is 11.9. The summed E-state index contributed by atoms with van der Waals surface area (Å²) in [6.45, 7) is 4.98. The van der Waals surface area contributed by atoms with Crippen molar-refractivity contribution in [3.05, 3.63) is 59.5 Å². The highest BCUT2D eigenvalue weighted by atomic mass is 32.2. The van der Waals surface area contributed by atoms with Gasteiger partial charge in [0.1, 0.15) is 5.75 Å². The Morgan fingerprint density at radius 3 is 2.59 bits per heavy atom. The van der Waals surface area contributed by atoms with E-state index in [-0.39, 0.29) is 4.90 Å². The maximum absolute atomic E-state index is 13.1. The Kier molecular flexibility index (Phi) is 8.38. The second-order valence-corrected chi connectivity index (χ2v) is 9.88. The third kappa shape index (κ3) is 5.73. The van der Waals surface area contributed by atoms with Crippen LogP contribution in [0.25, 0.3) is 11.3 Å². The summed E-state index contributed by atoms with van der Waals surface area (Å²) in [6, 6.07) is 14.5. The van der Waals surface area contributed by atoms with Crippen LogP contribution in [0.3, 0.4) is 0 Å². The van der Waals surface area contributed by atoms with Gasteiger partial charge in [-0.15, -0.1) is 11.3 Å². The maximum Gasteiger partial charge on any atom is 0.243 e. The number of thiazole rings is 1. The minimum absolute atomic E-state index is 0.286. The molecule has 7 nitrogen and oxygen atoms in total. The van der Waals surface area contributed by atoms with Crippen molar-refractivity contribution in [1.29, 1.82) is 0 Å². The lowest BCUT2D eigenvalue weighted by atomic mass is 10.2. The molecule has 0 spiro atoms. The number of methoxy groups -OCH3 is 1. The van der Waals surface area contributed by atoms with Crippen LogP contribution in [0.5, 0.6) is 5.75 Å². The molecule has 0 amide bonds. The van der Waals surface area contributed by atoms with Crippen LogP contribution in [0.15, 0.2) is 63.9 Å². The predicted molar refractivity (Wildman–Crippen MR) is 131 cm³/mol. The number of hydrazone groups is 1. The number of anilines is 1. The number of rotatable bonds is 11. The van der Waals surface area contributed by atoms with Gasteiger partial charge in [-0.2, -0.15) is 9.41 Å². The summed E-state index contributed by atoms with van der Waals surface area (Å²) < 4.78 is 33.1. The lowest BCUT2D eigenvalue weighted by Crippen LogP contribution is -2.32. The van der Waals surface area contributed by atoms with E-state index in [0.29, 0.717) is 23.9 Å². The van der Waals surface area contributed by atoms with Crippen molar-refractivity contribution in [2.24, 2.45) is 5.10 Å². The number of aromatic nitrogens is 1. The fraction of sp³-hybridized carbons (Fsp3) is 0.304. The number of hydrogen-bond acceptors (Lipinski definition) is 7. The van der Waals surface area contributed by atoms with Crippen LogP contribution in [-0.2, 0) is 10.0 Å². The van der Waals surface area contributed by atoms with E-state index in [2.05, 4.69) is 15.5 Å². The smallest absolute Gasteiger partial charge is 0.243 e. The van der Waals surface area contributed by atoms with E-state index in [1.165, 1.54) is 11.3 Å². The Morgan fingerprint density at radius 2 is 1.88 bits per heavy atom. The molecule has 170 valence electrons. The summed E-state index contributed by atoms with van der Waals surface area (Å²) in [7, 11) is -1.93. The third-order valence-corrected chi connectivity index (χ3v) is 7.36. The standard InChI is InChI=1S/C23H28N4O3S2/c1-4-13-27(14-5-2)32(28,29)20-11-8-10-18(15-20)21-17-31-23(25-21)26-24-16-19-9-6-7-12-22(19)30-3/h6-12,15-17H,4-5,13-14H2,1-3H3,(H,25,26). The average Bonchev–Trinajstić information content (AvgIpc) is 3.28. The molecule has 0 aliphatic carbocycles. The van der Waals surface area contributed by atoms with Gasteiger partial charge in [0.2, 0.25) is 15.2 Å². The molecule has 3 rings (SSSR count). The molecular weight excluding hydrogens is 444 g/mol. The highest BCUT2D eigenvalue weighted by Crippen LogP contribution is 2.28. The summed E-state index contributed by atoms with van der Waals surface area (Å²) in [6.07, 6.45) is 3.22. The minimum Gasteiger partial charge on any atom is -0.496 e. The molecule has 0 unspecified atom stereocenters. The van der Waals surface area contributed by atoms with Crippen molar-refractivity contribution in [2.45, 2.75) is 31.6 Å². The van der Waals surface area contributed by atoms with E-state index in [9.17, 15) is 8.42 Å². The van der Waals surface area contributed by atoms with Crippen molar-refractivity contribution < 1.29 is 13.2 Å². The summed E-state index contributed by atoms with van der Waals surface area (Å²) in [5, 5.41) is 6.73. The van der Waals surface area contributed by atoms with Gasteiger partial charge in [0, 0.05) is 29.6 Å². The molecule has 0 aliphatic rings. The van der Waals surface area contributed by atoms with E-state index < -0.39 is 10.0 Å². The summed E-state index contributed by atoms with van der Waals surface area (Å²) in [5.41, 5.74) is 5.22. The molecule has 1 heterocycles. The average molecular weight is 473 g/mol. The van der Waals surface area contributed by atoms with Gasteiger partial charge in [-0.05, 0) is 37.1 Å². The quantitative estimate of drug-likeness (QED) is 0.311. The molecule has 0 radical (unpaired) electrons. The van der Waals surface area contributed by atoms with Gasteiger partial charge < -0.3 is 4.74 Å². The van der Waals surface area contributed by atoms with E-state index in [4.69, 9.17) is 4.74 Å². The largest absolute Gasteiger partial charge is 0.496 e. The SMILES string of the molecule is CCCN(CCC)S(=O)(=O)c1cccc(-c2csc(NN=Cc3ccccc3OC)n2)c1. The van der Waals surface area contributed by atoms with E-state index in [0.717, 1.165) is 29.7 Å². The van der Waals surface area contributed by atoms with Crippen LogP contribution in [0.2, 0.25) is 0 Å². The topological polar surface area (TPSA) is 83.9 Å². The monoisotopic (exact) mass is 472 g/mol.